The van der Waals surface area contributed by atoms with Crippen molar-refractivity contribution in [3.63, 3.8) is 0 Å². The highest BCUT2D eigenvalue weighted by Gasteiger charge is 2.10. The number of imide groups is 1. The fraction of sp³-hybridized carbons (Fsp3) is 0.429. The van der Waals surface area contributed by atoms with Crippen LogP contribution in [-0.2, 0) is 4.79 Å². The van der Waals surface area contributed by atoms with Crippen molar-refractivity contribution in [3.05, 3.63) is 24.3 Å². The molecule has 0 bridgehead atoms. The van der Waals surface area contributed by atoms with Gasteiger partial charge in [0.1, 0.15) is 5.75 Å². The fourth-order valence-corrected chi connectivity index (χ4v) is 2.05. The van der Waals surface area contributed by atoms with Gasteiger partial charge in [0.25, 0.3) is 5.91 Å². The second-order valence-corrected chi connectivity index (χ2v) is 4.65. The first-order valence-electron chi connectivity index (χ1n) is 6.89. The van der Waals surface area contributed by atoms with Gasteiger partial charge in [0.05, 0.1) is 0 Å². The van der Waals surface area contributed by atoms with Crippen LogP contribution < -0.4 is 25.6 Å². The predicted octanol–water partition coefficient (Wildman–Crippen LogP) is -0.0694. The maximum Gasteiger partial charge on any atom is 0.321 e. The number of hydrogen-bond acceptors (Lipinski definition) is 5. The number of benzene rings is 1. The Morgan fingerprint density at radius 3 is 2.52 bits per heavy atom. The van der Waals surface area contributed by atoms with Crippen LogP contribution in [0.25, 0.3) is 0 Å². The number of anilines is 1. The largest absolute Gasteiger partial charge is 0.484 e. The molecule has 0 unspecified atom stereocenters. The van der Waals surface area contributed by atoms with Gasteiger partial charge in [-0.3, -0.25) is 10.1 Å². The van der Waals surface area contributed by atoms with Crippen LogP contribution in [0, 0.1) is 0 Å². The third-order valence-electron chi connectivity index (χ3n) is 3.17. The van der Waals surface area contributed by atoms with Crippen molar-refractivity contribution in [1.82, 2.24) is 16.0 Å². The summed E-state index contributed by atoms with van der Waals surface area (Å²) in [6.07, 6.45) is 0. The lowest BCUT2D eigenvalue weighted by Gasteiger charge is -2.29. The van der Waals surface area contributed by atoms with Crippen molar-refractivity contribution in [3.8, 4) is 5.75 Å². The van der Waals surface area contributed by atoms with Crippen LogP contribution in [0.2, 0.25) is 0 Å². The fourth-order valence-electron chi connectivity index (χ4n) is 2.05. The van der Waals surface area contributed by atoms with Gasteiger partial charge in [0.2, 0.25) is 0 Å². The zero-order valence-corrected chi connectivity index (χ0v) is 12.0. The Bertz CT molecular complexity index is 483. The van der Waals surface area contributed by atoms with E-state index in [1.165, 1.54) is 7.05 Å². The lowest BCUT2D eigenvalue weighted by Crippen LogP contribution is -2.43. The number of hydrogen-bond donors (Lipinski definition) is 3. The molecule has 1 saturated heterocycles. The van der Waals surface area contributed by atoms with E-state index in [4.69, 9.17) is 4.74 Å². The van der Waals surface area contributed by atoms with E-state index in [0.29, 0.717) is 5.75 Å². The summed E-state index contributed by atoms with van der Waals surface area (Å²) in [7, 11) is 1.44. The van der Waals surface area contributed by atoms with Gasteiger partial charge in [0.15, 0.2) is 6.61 Å². The molecule has 7 heteroatoms. The van der Waals surface area contributed by atoms with E-state index < -0.39 is 11.9 Å². The van der Waals surface area contributed by atoms with Crippen molar-refractivity contribution >= 4 is 17.6 Å². The van der Waals surface area contributed by atoms with Crippen LogP contribution in [0.15, 0.2) is 24.3 Å². The quantitative estimate of drug-likeness (QED) is 0.724. The Hall–Kier alpha value is -2.28. The molecule has 1 heterocycles. The molecular formula is C14H20N4O3. The molecule has 1 fully saturated rings. The number of nitrogens with zero attached hydrogens (tertiary/aromatic N) is 1. The minimum atomic E-state index is -0.544. The molecule has 3 N–H and O–H groups in total. The Morgan fingerprint density at radius 1 is 1.24 bits per heavy atom. The Morgan fingerprint density at radius 2 is 1.90 bits per heavy atom. The maximum atomic E-state index is 11.4. The third kappa shape index (κ3) is 4.64. The maximum absolute atomic E-state index is 11.4. The average molecular weight is 292 g/mol. The normalized spacial score (nSPS) is 14.4. The zero-order valence-electron chi connectivity index (χ0n) is 12.0. The van der Waals surface area contributed by atoms with Crippen molar-refractivity contribution in [2.45, 2.75) is 0 Å². The van der Waals surface area contributed by atoms with E-state index in [0.717, 1.165) is 31.9 Å². The van der Waals surface area contributed by atoms with E-state index in [1.54, 1.807) is 0 Å². The molecule has 3 amide bonds. The highest BCUT2D eigenvalue weighted by Crippen LogP contribution is 2.19. The number of carbonyl (C=O) groups is 2. The topological polar surface area (TPSA) is 82.7 Å². The molecule has 1 aromatic rings. The molecule has 21 heavy (non-hydrogen) atoms. The summed E-state index contributed by atoms with van der Waals surface area (Å²) in [6, 6.07) is 7.04. The van der Waals surface area contributed by atoms with Crippen LogP contribution in [0.3, 0.4) is 0 Å². The first-order valence-corrected chi connectivity index (χ1v) is 6.89. The molecule has 1 aliphatic rings. The molecule has 1 aliphatic heterocycles. The van der Waals surface area contributed by atoms with Gasteiger partial charge in [-0.15, -0.1) is 0 Å². The molecule has 0 aliphatic carbocycles. The second-order valence-electron chi connectivity index (χ2n) is 4.65. The summed E-state index contributed by atoms with van der Waals surface area (Å²) in [4.78, 5) is 24.6. The number of urea groups is 1. The first-order chi connectivity index (χ1) is 10.2. The predicted molar refractivity (Wildman–Crippen MR) is 79.6 cm³/mol. The van der Waals surface area contributed by atoms with Crippen molar-refractivity contribution in [2.24, 2.45) is 0 Å². The summed E-state index contributed by atoms with van der Waals surface area (Å²) in [5, 5.41) is 7.74. The highest BCUT2D eigenvalue weighted by atomic mass is 16.5. The summed E-state index contributed by atoms with van der Waals surface area (Å²) >= 11 is 0. The minimum Gasteiger partial charge on any atom is -0.484 e. The monoisotopic (exact) mass is 292 g/mol. The molecule has 114 valence electrons. The van der Waals surface area contributed by atoms with E-state index in [9.17, 15) is 9.59 Å². The number of amides is 3. The van der Waals surface area contributed by atoms with Gasteiger partial charge in [-0.25, -0.2) is 4.79 Å². The van der Waals surface area contributed by atoms with E-state index in [-0.39, 0.29) is 6.61 Å². The Balaban J connectivity index is 1.82. The van der Waals surface area contributed by atoms with E-state index in [1.807, 2.05) is 24.3 Å². The SMILES string of the molecule is CNC(=O)NC(=O)COc1ccc(N2CCNCC2)cc1. The molecule has 7 nitrogen and oxygen atoms in total. The van der Waals surface area contributed by atoms with Crippen LogP contribution in [0.4, 0.5) is 10.5 Å². The lowest BCUT2D eigenvalue weighted by atomic mass is 10.2. The standard InChI is InChI=1S/C14H20N4O3/c1-15-14(20)17-13(19)10-21-12-4-2-11(3-5-12)18-8-6-16-7-9-18/h2-5,16H,6-10H2,1H3,(H2,15,17,19,20). The molecule has 2 rings (SSSR count). The number of piperazine rings is 1. The summed E-state index contributed by atoms with van der Waals surface area (Å²) in [5.41, 5.74) is 1.14. The Kier molecular flexibility index (Phi) is 5.39. The van der Waals surface area contributed by atoms with E-state index >= 15 is 0 Å². The molecule has 0 atom stereocenters. The number of ether oxygens (including phenoxy) is 1. The van der Waals surface area contributed by atoms with Gasteiger partial charge in [-0.05, 0) is 24.3 Å². The van der Waals surface area contributed by atoms with Gasteiger partial charge in [0, 0.05) is 38.9 Å². The van der Waals surface area contributed by atoms with E-state index in [2.05, 4.69) is 20.9 Å². The van der Waals surface area contributed by atoms with Crippen molar-refractivity contribution in [2.75, 3.05) is 44.7 Å². The number of nitrogens with one attached hydrogen (secondary N) is 3. The van der Waals surface area contributed by atoms with Crippen molar-refractivity contribution in [1.29, 1.82) is 0 Å². The van der Waals surface area contributed by atoms with Crippen molar-refractivity contribution < 1.29 is 14.3 Å². The lowest BCUT2D eigenvalue weighted by molar-refractivity contribution is -0.122. The summed E-state index contributed by atoms with van der Waals surface area (Å²) < 4.78 is 5.33. The smallest absolute Gasteiger partial charge is 0.321 e. The van der Waals surface area contributed by atoms with Crippen LogP contribution >= 0.6 is 0 Å². The molecule has 1 aromatic carbocycles. The number of carbonyl (C=O) groups excluding carboxylic acids is 2. The van der Waals surface area contributed by atoms with Crippen LogP contribution in [-0.4, -0.2) is 51.8 Å². The minimum absolute atomic E-state index is 0.194. The molecule has 0 saturated carbocycles. The zero-order chi connectivity index (χ0) is 15.1. The second kappa shape index (κ2) is 7.49. The molecule has 0 radical (unpaired) electrons. The molecular weight excluding hydrogens is 272 g/mol. The molecule has 0 aromatic heterocycles. The first kappa shape index (κ1) is 15.1. The van der Waals surface area contributed by atoms with Gasteiger partial charge in [-0.1, -0.05) is 0 Å². The third-order valence-corrected chi connectivity index (χ3v) is 3.17. The summed E-state index contributed by atoms with van der Waals surface area (Å²) in [5.74, 6) is 0.112. The number of rotatable bonds is 4. The van der Waals surface area contributed by atoms with Gasteiger partial charge in [-0.2, -0.15) is 0 Å². The molecule has 0 spiro atoms. The van der Waals surface area contributed by atoms with Gasteiger partial charge >= 0.3 is 6.03 Å². The highest BCUT2D eigenvalue weighted by molar-refractivity contribution is 5.94. The van der Waals surface area contributed by atoms with Crippen LogP contribution in [0.1, 0.15) is 0 Å². The Labute approximate surface area is 123 Å². The van der Waals surface area contributed by atoms with Crippen LogP contribution in [0.5, 0.6) is 5.75 Å². The summed E-state index contributed by atoms with van der Waals surface area (Å²) in [6.45, 7) is 3.74. The average Bonchev–Trinajstić information content (AvgIpc) is 2.54. The van der Waals surface area contributed by atoms with Gasteiger partial charge < -0.3 is 20.3 Å².